The van der Waals surface area contributed by atoms with Gasteiger partial charge in [0.2, 0.25) is 0 Å². The maximum absolute atomic E-state index is 12.7. The number of rotatable bonds is 7. The Morgan fingerprint density at radius 1 is 1.21 bits per heavy atom. The molecule has 0 bridgehead atoms. The van der Waals surface area contributed by atoms with Gasteiger partial charge in [0.25, 0.3) is 5.91 Å². The third kappa shape index (κ3) is 4.86. The Labute approximate surface area is 174 Å². The first-order valence-electron chi connectivity index (χ1n) is 9.40. The summed E-state index contributed by atoms with van der Waals surface area (Å²) in [7, 11) is 0. The molecule has 1 amide bonds. The Morgan fingerprint density at radius 2 is 2.04 bits per heavy atom. The Balaban J connectivity index is 1.99. The maximum atomic E-state index is 12.7. The van der Waals surface area contributed by atoms with Gasteiger partial charge in [-0.1, -0.05) is 35.1 Å². The van der Waals surface area contributed by atoms with Crippen LogP contribution >= 0.6 is 23.1 Å². The van der Waals surface area contributed by atoms with Gasteiger partial charge in [-0.3, -0.25) is 4.79 Å². The van der Waals surface area contributed by atoms with Gasteiger partial charge in [0.1, 0.15) is 5.75 Å². The Morgan fingerprint density at radius 3 is 2.79 bits per heavy atom. The molecule has 0 unspecified atom stereocenters. The topological polar surface area (TPSA) is 43.6 Å². The molecule has 148 valence electrons. The summed E-state index contributed by atoms with van der Waals surface area (Å²) in [5, 5.41) is 0. The summed E-state index contributed by atoms with van der Waals surface area (Å²) in [4.78, 5) is 18.0. The number of hydrogen-bond donors (Lipinski definition) is 0. The summed E-state index contributed by atoms with van der Waals surface area (Å²) in [5.74, 6) is 1.71. The van der Waals surface area contributed by atoms with Crippen LogP contribution in [0.15, 0.2) is 41.4 Å². The molecule has 3 aromatic rings. The van der Waals surface area contributed by atoms with Crippen molar-refractivity contribution in [1.29, 1.82) is 0 Å². The van der Waals surface area contributed by atoms with Crippen LogP contribution in [0.25, 0.3) is 10.2 Å². The van der Waals surface area contributed by atoms with Crippen LogP contribution in [-0.4, -0.2) is 29.1 Å². The van der Waals surface area contributed by atoms with E-state index >= 15 is 0 Å². The highest BCUT2D eigenvalue weighted by Gasteiger charge is 2.10. The molecule has 0 spiro atoms. The fourth-order valence-corrected chi connectivity index (χ4v) is 4.56. The summed E-state index contributed by atoms with van der Waals surface area (Å²) in [6, 6.07) is 12.3. The summed E-state index contributed by atoms with van der Waals surface area (Å²) >= 11 is 3.33. The molecule has 0 atom stereocenters. The van der Waals surface area contributed by atoms with Gasteiger partial charge in [-0.15, -0.1) is 0 Å². The molecule has 0 aliphatic rings. The van der Waals surface area contributed by atoms with Gasteiger partial charge >= 0.3 is 0 Å². The number of hydrogen-bond acceptors (Lipinski definition) is 4. The molecule has 0 radical (unpaired) electrons. The van der Waals surface area contributed by atoms with Crippen LogP contribution in [0.5, 0.6) is 5.75 Å². The van der Waals surface area contributed by atoms with Gasteiger partial charge in [0.05, 0.1) is 23.2 Å². The number of aryl methyl sites for hydroxylation is 3. The predicted octanol–water partition coefficient (Wildman–Crippen LogP) is 4.75. The highest BCUT2D eigenvalue weighted by molar-refractivity contribution is 7.98. The number of fused-ring (bicyclic) bond motifs is 1. The average molecular weight is 415 g/mol. The number of amides is 1. The first-order valence-corrected chi connectivity index (χ1v) is 11.6. The van der Waals surface area contributed by atoms with Gasteiger partial charge < -0.3 is 9.30 Å². The molecule has 0 saturated heterocycles. The molecule has 0 saturated carbocycles. The van der Waals surface area contributed by atoms with E-state index in [0.29, 0.717) is 13.0 Å². The number of ether oxygens (including phenoxy) is 1. The van der Waals surface area contributed by atoms with Crippen LogP contribution in [0.4, 0.5) is 0 Å². The average Bonchev–Trinajstić information content (AvgIpc) is 2.99. The second-order valence-electron chi connectivity index (χ2n) is 6.70. The minimum Gasteiger partial charge on any atom is -0.494 e. The zero-order valence-corrected chi connectivity index (χ0v) is 18.5. The van der Waals surface area contributed by atoms with Crippen molar-refractivity contribution in [3.63, 3.8) is 0 Å². The van der Waals surface area contributed by atoms with Crippen molar-refractivity contribution >= 4 is 39.2 Å². The number of carbonyl (C=O) groups excluding carboxylic acids is 1. The highest BCUT2D eigenvalue weighted by Crippen LogP contribution is 2.24. The van der Waals surface area contributed by atoms with Crippen molar-refractivity contribution in [2.24, 2.45) is 4.99 Å². The monoisotopic (exact) mass is 414 g/mol. The molecule has 28 heavy (non-hydrogen) atoms. The van der Waals surface area contributed by atoms with Crippen molar-refractivity contribution in [2.75, 3.05) is 18.6 Å². The van der Waals surface area contributed by atoms with Crippen molar-refractivity contribution < 1.29 is 9.53 Å². The van der Waals surface area contributed by atoms with Gasteiger partial charge in [-0.05, 0) is 56.4 Å². The zero-order chi connectivity index (χ0) is 20.1. The molecule has 1 heterocycles. The van der Waals surface area contributed by atoms with E-state index in [1.807, 2.05) is 32.9 Å². The van der Waals surface area contributed by atoms with Gasteiger partial charge in [-0.25, -0.2) is 0 Å². The lowest BCUT2D eigenvalue weighted by Crippen LogP contribution is -2.18. The largest absolute Gasteiger partial charge is 0.494 e. The maximum Gasteiger partial charge on any atom is 0.252 e. The SMILES string of the molecule is CCOc1ccc2c(c1)sc(=NC(=O)Cc1cc(C)ccc1C)n2CCSC. The summed E-state index contributed by atoms with van der Waals surface area (Å²) < 4.78 is 8.86. The number of aromatic nitrogens is 1. The smallest absolute Gasteiger partial charge is 0.252 e. The van der Waals surface area contributed by atoms with Gasteiger partial charge in [0.15, 0.2) is 4.80 Å². The van der Waals surface area contributed by atoms with Crippen LogP contribution in [0.3, 0.4) is 0 Å². The molecule has 4 nitrogen and oxygen atoms in total. The number of thioether (sulfide) groups is 1. The van der Waals surface area contributed by atoms with Crippen LogP contribution < -0.4 is 9.54 Å². The van der Waals surface area contributed by atoms with Crippen LogP contribution in [0.1, 0.15) is 23.6 Å². The number of nitrogens with zero attached hydrogens (tertiary/aromatic N) is 2. The minimum atomic E-state index is -0.108. The second-order valence-corrected chi connectivity index (χ2v) is 8.70. The number of carbonyl (C=O) groups is 1. The molecular weight excluding hydrogens is 388 g/mol. The van der Waals surface area contributed by atoms with Crippen LogP contribution in [0, 0.1) is 13.8 Å². The quantitative estimate of drug-likeness (QED) is 0.560. The number of thiazole rings is 1. The molecular formula is C22H26N2O2S2. The second kappa shape index (κ2) is 9.43. The molecule has 0 fully saturated rings. The van der Waals surface area contributed by atoms with E-state index < -0.39 is 0 Å². The first kappa shape index (κ1) is 20.7. The van der Waals surface area contributed by atoms with E-state index in [4.69, 9.17) is 4.74 Å². The molecule has 6 heteroatoms. The van der Waals surface area contributed by atoms with Crippen LogP contribution in [0.2, 0.25) is 0 Å². The highest BCUT2D eigenvalue weighted by atomic mass is 32.2. The van der Waals surface area contributed by atoms with E-state index in [2.05, 4.69) is 40.1 Å². The lowest BCUT2D eigenvalue weighted by atomic mass is 10.0. The van der Waals surface area contributed by atoms with Gasteiger partial charge in [-0.2, -0.15) is 16.8 Å². The predicted molar refractivity (Wildman–Crippen MR) is 120 cm³/mol. The Bertz CT molecular complexity index is 1050. The standard InChI is InChI=1S/C22H26N2O2S2/c1-5-26-18-8-9-19-20(14-18)28-22(24(19)10-11-27-4)23-21(25)13-17-12-15(2)6-7-16(17)3/h6-9,12,14H,5,10-11,13H2,1-4H3. The Hall–Kier alpha value is -2.05. The molecule has 0 N–H and O–H groups in total. The lowest BCUT2D eigenvalue weighted by molar-refractivity contribution is -0.117. The third-order valence-corrected chi connectivity index (χ3v) is 6.18. The molecule has 0 aliphatic carbocycles. The zero-order valence-electron chi connectivity index (χ0n) is 16.8. The van der Waals surface area contributed by atoms with E-state index in [1.54, 1.807) is 23.1 Å². The minimum absolute atomic E-state index is 0.108. The first-order chi connectivity index (χ1) is 13.5. The van der Waals surface area contributed by atoms with Crippen molar-refractivity contribution in [2.45, 2.75) is 33.7 Å². The van der Waals surface area contributed by atoms with E-state index in [9.17, 15) is 4.79 Å². The Kier molecular flexibility index (Phi) is 6.97. The fraction of sp³-hybridized carbons (Fsp3) is 0.364. The van der Waals surface area contributed by atoms with E-state index in [0.717, 1.165) is 49.8 Å². The number of benzene rings is 2. The van der Waals surface area contributed by atoms with Gasteiger partial charge in [0, 0.05) is 12.3 Å². The summed E-state index contributed by atoms with van der Waals surface area (Å²) in [5.41, 5.74) is 4.43. The molecule has 0 aliphatic heterocycles. The normalized spacial score (nSPS) is 11.9. The lowest BCUT2D eigenvalue weighted by Gasteiger charge is -2.06. The van der Waals surface area contributed by atoms with E-state index in [1.165, 1.54) is 0 Å². The van der Waals surface area contributed by atoms with Crippen LogP contribution in [-0.2, 0) is 17.8 Å². The van der Waals surface area contributed by atoms with E-state index in [-0.39, 0.29) is 5.91 Å². The third-order valence-electron chi connectivity index (χ3n) is 4.55. The van der Waals surface area contributed by atoms with Crippen molar-refractivity contribution in [1.82, 2.24) is 4.57 Å². The van der Waals surface area contributed by atoms with Crippen molar-refractivity contribution in [3.05, 3.63) is 57.9 Å². The summed E-state index contributed by atoms with van der Waals surface area (Å²) in [6.45, 7) is 7.52. The fourth-order valence-electron chi connectivity index (χ4n) is 3.09. The molecule has 1 aromatic heterocycles. The molecule has 3 rings (SSSR count). The molecule has 2 aromatic carbocycles. The summed E-state index contributed by atoms with van der Waals surface area (Å²) in [6.07, 6.45) is 2.42. The van der Waals surface area contributed by atoms with Crippen molar-refractivity contribution in [3.8, 4) is 5.75 Å².